The Morgan fingerprint density at radius 3 is 2.08 bits per heavy atom. The first kappa shape index (κ1) is 17.8. The van der Waals surface area contributed by atoms with Gasteiger partial charge in [-0.25, -0.2) is 17.2 Å². The van der Waals surface area contributed by atoms with Gasteiger partial charge in [0.1, 0.15) is 11.6 Å². The van der Waals surface area contributed by atoms with E-state index in [2.05, 4.69) is 11.0 Å². The van der Waals surface area contributed by atoms with Gasteiger partial charge >= 0.3 is 0 Å². The van der Waals surface area contributed by atoms with Crippen molar-refractivity contribution in [1.29, 1.82) is 0 Å². The average Bonchev–Trinajstić information content (AvgIpc) is 2.54. The molecule has 0 N–H and O–H groups in total. The molecule has 0 amide bonds. The zero-order valence-electron chi connectivity index (χ0n) is 14.2. The summed E-state index contributed by atoms with van der Waals surface area (Å²) in [6, 6.07) is 9.18. The van der Waals surface area contributed by atoms with Gasteiger partial charge in [0, 0.05) is 31.9 Å². The average molecular weight is 366 g/mol. The van der Waals surface area contributed by atoms with Gasteiger partial charge in [0.15, 0.2) is 4.90 Å². The Bertz CT molecular complexity index is 872. The van der Waals surface area contributed by atoms with Gasteiger partial charge in [0.05, 0.1) is 0 Å². The lowest BCUT2D eigenvalue weighted by atomic mass is 10.1. The summed E-state index contributed by atoms with van der Waals surface area (Å²) in [5.41, 5.74) is 3.34. The maximum Gasteiger partial charge on any atom is 0.249 e. The Balaban J connectivity index is 1.80. The van der Waals surface area contributed by atoms with Crippen LogP contribution in [0, 0.1) is 25.5 Å². The summed E-state index contributed by atoms with van der Waals surface area (Å²) in [7, 11) is -4.19. The normalized spacial score (nSPS) is 16.2. The lowest BCUT2D eigenvalue weighted by Gasteiger charge is -2.36. The van der Waals surface area contributed by atoms with E-state index in [0.717, 1.165) is 39.3 Å². The molecule has 0 spiro atoms. The first-order valence-electron chi connectivity index (χ1n) is 8.07. The molecule has 1 aliphatic rings. The summed E-state index contributed by atoms with van der Waals surface area (Å²) in [6.45, 7) is 5.34. The Hall–Kier alpha value is -1.99. The zero-order chi connectivity index (χ0) is 18.2. The minimum Gasteiger partial charge on any atom is -0.369 e. The van der Waals surface area contributed by atoms with Crippen LogP contribution in [0.15, 0.2) is 41.3 Å². The van der Waals surface area contributed by atoms with Gasteiger partial charge in [0.2, 0.25) is 10.0 Å². The van der Waals surface area contributed by atoms with Crippen LogP contribution in [0.1, 0.15) is 11.1 Å². The third-order valence-electron chi connectivity index (χ3n) is 4.45. The van der Waals surface area contributed by atoms with Gasteiger partial charge in [-0.3, -0.25) is 0 Å². The lowest BCUT2D eigenvalue weighted by molar-refractivity contribution is 0.378. The number of aryl methyl sites for hydroxylation is 2. The predicted octanol–water partition coefficient (Wildman–Crippen LogP) is 3.09. The number of sulfonamides is 1. The lowest BCUT2D eigenvalue weighted by Crippen LogP contribution is -2.49. The topological polar surface area (TPSA) is 40.6 Å². The Labute approximate surface area is 146 Å². The van der Waals surface area contributed by atoms with Gasteiger partial charge in [-0.15, -0.1) is 0 Å². The molecule has 2 aromatic carbocycles. The number of anilines is 1. The third kappa shape index (κ3) is 3.39. The Kier molecular flexibility index (Phi) is 4.79. The fourth-order valence-corrected chi connectivity index (χ4v) is 4.72. The highest BCUT2D eigenvalue weighted by Crippen LogP contribution is 2.26. The Morgan fingerprint density at radius 2 is 1.52 bits per heavy atom. The van der Waals surface area contributed by atoms with Crippen LogP contribution in [-0.2, 0) is 10.0 Å². The molecule has 1 fully saturated rings. The Morgan fingerprint density at radius 1 is 0.920 bits per heavy atom. The van der Waals surface area contributed by atoms with Crippen molar-refractivity contribution >= 4 is 15.7 Å². The van der Waals surface area contributed by atoms with E-state index in [1.165, 1.54) is 0 Å². The van der Waals surface area contributed by atoms with Crippen molar-refractivity contribution in [3.05, 3.63) is 59.2 Å². The molecule has 0 aliphatic carbocycles. The molecule has 0 bridgehead atoms. The van der Waals surface area contributed by atoms with Crippen molar-refractivity contribution in [2.75, 3.05) is 31.1 Å². The number of piperazine rings is 1. The number of hydrogen-bond donors (Lipinski definition) is 0. The largest absolute Gasteiger partial charge is 0.369 e. The summed E-state index contributed by atoms with van der Waals surface area (Å²) in [5, 5.41) is 0. The molecule has 7 heteroatoms. The number of hydrogen-bond acceptors (Lipinski definition) is 3. The van der Waals surface area contributed by atoms with Crippen LogP contribution >= 0.6 is 0 Å². The third-order valence-corrected chi connectivity index (χ3v) is 6.40. The molecular formula is C18H20F2N2O2S. The second kappa shape index (κ2) is 6.72. The van der Waals surface area contributed by atoms with Crippen LogP contribution in [0.2, 0.25) is 0 Å². The van der Waals surface area contributed by atoms with E-state index in [9.17, 15) is 17.2 Å². The first-order valence-corrected chi connectivity index (χ1v) is 9.51. The molecule has 1 saturated heterocycles. The van der Waals surface area contributed by atoms with E-state index in [-0.39, 0.29) is 13.1 Å². The van der Waals surface area contributed by atoms with Crippen molar-refractivity contribution in [2.24, 2.45) is 0 Å². The fourth-order valence-electron chi connectivity index (χ4n) is 3.19. The molecule has 3 rings (SSSR count). The number of halogens is 2. The summed E-state index contributed by atoms with van der Waals surface area (Å²) in [6.07, 6.45) is 0. The van der Waals surface area contributed by atoms with Crippen molar-refractivity contribution in [3.63, 3.8) is 0 Å². The van der Waals surface area contributed by atoms with Crippen molar-refractivity contribution in [2.45, 2.75) is 18.7 Å². The molecular weight excluding hydrogens is 346 g/mol. The summed E-state index contributed by atoms with van der Waals surface area (Å²) >= 11 is 0. The van der Waals surface area contributed by atoms with E-state index in [1.54, 1.807) is 0 Å². The van der Waals surface area contributed by atoms with E-state index in [4.69, 9.17) is 0 Å². The smallest absolute Gasteiger partial charge is 0.249 e. The zero-order valence-corrected chi connectivity index (χ0v) is 15.0. The van der Waals surface area contributed by atoms with Crippen LogP contribution in [0.5, 0.6) is 0 Å². The standard InChI is InChI=1S/C18H20F2N2O2S/c1-13-6-7-17(14(2)12-13)21-8-10-22(11-9-21)25(23,24)18-15(19)4-3-5-16(18)20/h3-7,12H,8-11H2,1-2H3. The second-order valence-electron chi connectivity index (χ2n) is 6.23. The first-order chi connectivity index (χ1) is 11.8. The highest BCUT2D eigenvalue weighted by molar-refractivity contribution is 7.89. The summed E-state index contributed by atoms with van der Waals surface area (Å²) in [5.74, 6) is -2.12. The fraction of sp³-hybridized carbons (Fsp3) is 0.333. The van der Waals surface area contributed by atoms with E-state index < -0.39 is 26.6 Å². The van der Waals surface area contributed by atoms with Crippen LogP contribution in [0.25, 0.3) is 0 Å². The van der Waals surface area contributed by atoms with Crippen LogP contribution in [0.4, 0.5) is 14.5 Å². The van der Waals surface area contributed by atoms with Gasteiger partial charge in [0.25, 0.3) is 0 Å². The van der Waals surface area contributed by atoms with Gasteiger partial charge in [-0.1, -0.05) is 23.8 Å². The van der Waals surface area contributed by atoms with Gasteiger partial charge in [-0.2, -0.15) is 4.31 Å². The van der Waals surface area contributed by atoms with Gasteiger partial charge < -0.3 is 4.90 Å². The minimum atomic E-state index is -4.19. The van der Waals surface area contributed by atoms with Crippen LogP contribution < -0.4 is 4.90 Å². The second-order valence-corrected chi connectivity index (χ2v) is 8.11. The number of rotatable bonds is 3. The van der Waals surface area contributed by atoms with Crippen LogP contribution in [-0.4, -0.2) is 38.9 Å². The molecule has 0 saturated carbocycles. The number of nitrogens with zero attached hydrogens (tertiary/aromatic N) is 2. The monoisotopic (exact) mass is 366 g/mol. The molecule has 0 radical (unpaired) electrons. The quantitative estimate of drug-likeness (QED) is 0.838. The molecule has 4 nitrogen and oxygen atoms in total. The van der Waals surface area contributed by atoms with E-state index in [0.29, 0.717) is 13.1 Å². The maximum atomic E-state index is 13.9. The maximum absolute atomic E-state index is 13.9. The van der Waals surface area contributed by atoms with Crippen molar-refractivity contribution in [1.82, 2.24) is 4.31 Å². The highest BCUT2D eigenvalue weighted by Gasteiger charge is 2.33. The molecule has 2 aromatic rings. The highest BCUT2D eigenvalue weighted by atomic mass is 32.2. The molecule has 25 heavy (non-hydrogen) atoms. The molecule has 0 atom stereocenters. The molecule has 0 aromatic heterocycles. The van der Waals surface area contributed by atoms with Crippen LogP contribution in [0.3, 0.4) is 0 Å². The summed E-state index contributed by atoms with van der Waals surface area (Å²) in [4.78, 5) is 1.23. The molecule has 0 unspecified atom stereocenters. The molecule has 1 aliphatic heterocycles. The SMILES string of the molecule is Cc1ccc(N2CCN(S(=O)(=O)c3c(F)cccc3F)CC2)c(C)c1. The predicted molar refractivity (Wildman–Crippen MR) is 93.2 cm³/mol. The van der Waals surface area contributed by atoms with E-state index in [1.807, 2.05) is 26.0 Å². The summed E-state index contributed by atoms with van der Waals surface area (Å²) < 4.78 is 54.1. The van der Waals surface area contributed by atoms with Crippen molar-refractivity contribution in [3.8, 4) is 0 Å². The van der Waals surface area contributed by atoms with Gasteiger partial charge in [-0.05, 0) is 37.6 Å². The minimum absolute atomic E-state index is 0.184. The number of benzene rings is 2. The molecule has 1 heterocycles. The molecule has 134 valence electrons. The van der Waals surface area contributed by atoms with E-state index >= 15 is 0 Å². The van der Waals surface area contributed by atoms with Crippen molar-refractivity contribution < 1.29 is 17.2 Å².